The Bertz CT molecular complexity index is 173. The van der Waals surface area contributed by atoms with E-state index in [2.05, 4.69) is 0 Å². The number of amides is 1. The molecule has 1 aliphatic rings. The summed E-state index contributed by atoms with van der Waals surface area (Å²) in [7, 11) is 3.62. The SMILES string of the molecule is CN(C)C(=O)[C@H]1CCC[C@H](N)C1.Cl. The van der Waals surface area contributed by atoms with E-state index in [1.807, 2.05) is 14.1 Å². The van der Waals surface area contributed by atoms with Gasteiger partial charge in [0.2, 0.25) is 5.91 Å². The topological polar surface area (TPSA) is 46.3 Å². The first-order valence-electron chi connectivity index (χ1n) is 4.58. The summed E-state index contributed by atoms with van der Waals surface area (Å²) in [6.07, 6.45) is 4.07. The van der Waals surface area contributed by atoms with Crippen LogP contribution in [0.15, 0.2) is 0 Å². The van der Waals surface area contributed by atoms with Gasteiger partial charge in [0.05, 0.1) is 0 Å². The van der Waals surface area contributed by atoms with Gasteiger partial charge in [0, 0.05) is 26.1 Å². The number of halogens is 1. The van der Waals surface area contributed by atoms with Crippen molar-refractivity contribution in [2.45, 2.75) is 31.7 Å². The first-order chi connectivity index (χ1) is 5.61. The van der Waals surface area contributed by atoms with Gasteiger partial charge >= 0.3 is 0 Å². The number of rotatable bonds is 1. The van der Waals surface area contributed by atoms with Crippen molar-refractivity contribution in [3.8, 4) is 0 Å². The summed E-state index contributed by atoms with van der Waals surface area (Å²) >= 11 is 0. The molecular weight excluding hydrogens is 188 g/mol. The summed E-state index contributed by atoms with van der Waals surface area (Å²) in [5.41, 5.74) is 5.79. The maximum absolute atomic E-state index is 11.5. The van der Waals surface area contributed by atoms with E-state index >= 15 is 0 Å². The molecule has 0 radical (unpaired) electrons. The van der Waals surface area contributed by atoms with Gasteiger partial charge in [0.15, 0.2) is 0 Å². The van der Waals surface area contributed by atoms with E-state index in [1.54, 1.807) is 4.90 Å². The van der Waals surface area contributed by atoms with Crippen LogP contribution in [0.4, 0.5) is 0 Å². The van der Waals surface area contributed by atoms with Crippen LogP contribution in [0.2, 0.25) is 0 Å². The Morgan fingerprint density at radius 2 is 2.00 bits per heavy atom. The molecule has 1 rings (SSSR count). The maximum Gasteiger partial charge on any atom is 0.225 e. The molecule has 4 heteroatoms. The van der Waals surface area contributed by atoms with Crippen LogP contribution in [0.3, 0.4) is 0 Å². The minimum absolute atomic E-state index is 0. The minimum atomic E-state index is 0. The lowest BCUT2D eigenvalue weighted by Gasteiger charge is -2.27. The van der Waals surface area contributed by atoms with Gasteiger partial charge in [-0.1, -0.05) is 6.42 Å². The number of nitrogens with two attached hydrogens (primary N) is 1. The standard InChI is InChI=1S/C9H18N2O.ClH/c1-11(2)9(12)7-4-3-5-8(10)6-7;/h7-8H,3-6,10H2,1-2H3;1H/t7-,8-;/m0./s1. The van der Waals surface area contributed by atoms with Crippen molar-refractivity contribution in [3.05, 3.63) is 0 Å². The highest BCUT2D eigenvalue weighted by Gasteiger charge is 2.25. The van der Waals surface area contributed by atoms with E-state index in [4.69, 9.17) is 5.73 Å². The molecule has 0 aromatic heterocycles. The molecule has 0 spiro atoms. The summed E-state index contributed by atoms with van der Waals surface area (Å²) < 4.78 is 0. The molecular formula is C9H19ClN2O. The number of carbonyl (C=O) groups is 1. The van der Waals surface area contributed by atoms with Crippen LogP contribution in [-0.2, 0) is 4.79 Å². The van der Waals surface area contributed by atoms with Gasteiger partial charge in [-0.3, -0.25) is 4.79 Å². The average molecular weight is 207 g/mol. The minimum Gasteiger partial charge on any atom is -0.349 e. The Hall–Kier alpha value is -0.280. The van der Waals surface area contributed by atoms with Crippen LogP contribution in [0.25, 0.3) is 0 Å². The number of hydrogen-bond acceptors (Lipinski definition) is 2. The maximum atomic E-state index is 11.5. The second-order valence-electron chi connectivity index (χ2n) is 3.86. The summed E-state index contributed by atoms with van der Waals surface area (Å²) in [6, 6.07) is 0.243. The normalized spacial score (nSPS) is 27.6. The number of nitrogens with zero attached hydrogens (tertiary/aromatic N) is 1. The summed E-state index contributed by atoms with van der Waals surface area (Å²) in [5.74, 6) is 0.425. The van der Waals surface area contributed by atoms with Crippen LogP contribution in [0.1, 0.15) is 25.7 Å². The Kier molecular flexibility index (Phi) is 5.33. The molecule has 0 saturated heterocycles. The molecule has 1 saturated carbocycles. The van der Waals surface area contributed by atoms with Gasteiger partial charge in [-0.05, 0) is 19.3 Å². The summed E-state index contributed by atoms with van der Waals surface area (Å²) in [6.45, 7) is 0. The van der Waals surface area contributed by atoms with Crippen molar-refractivity contribution in [1.29, 1.82) is 0 Å². The van der Waals surface area contributed by atoms with Crippen molar-refractivity contribution in [3.63, 3.8) is 0 Å². The van der Waals surface area contributed by atoms with Gasteiger partial charge < -0.3 is 10.6 Å². The van der Waals surface area contributed by atoms with E-state index in [0.717, 1.165) is 25.7 Å². The molecule has 3 nitrogen and oxygen atoms in total. The van der Waals surface area contributed by atoms with Crippen molar-refractivity contribution >= 4 is 18.3 Å². The lowest BCUT2D eigenvalue weighted by Crippen LogP contribution is -2.37. The first kappa shape index (κ1) is 12.7. The third-order valence-electron chi connectivity index (χ3n) is 2.50. The largest absolute Gasteiger partial charge is 0.349 e. The lowest BCUT2D eigenvalue weighted by atomic mass is 9.85. The van der Waals surface area contributed by atoms with Crippen molar-refractivity contribution < 1.29 is 4.79 Å². The molecule has 2 atom stereocenters. The Labute approximate surface area is 86.1 Å². The molecule has 0 aliphatic heterocycles. The Morgan fingerprint density at radius 1 is 1.38 bits per heavy atom. The molecule has 0 aromatic rings. The van der Waals surface area contributed by atoms with Crippen LogP contribution in [-0.4, -0.2) is 30.9 Å². The zero-order valence-corrected chi connectivity index (χ0v) is 9.14. The molecule has 13 heavy (non-hydrogen) atoms. The second-order valence-corrected chi connectivity index (χ2v) is 3.86. The zero-order chi connectivity index (χ0) is 9.14. The van der Waals surface area contributed by atoms with Crippen molar-refractivity contribution in [2.24, 2.45) is 11.7 Å². The van der Waals surface area contributed by atoms with Crippen LogP contribution < -0.4 is 5.73 Å². The highest BCUT2D eigenvalue weighted by molar-refractivity contribution is 5.85. The predicted octanol–water partition coefficient (Wildman–Crippen LogP) is 1.01. The molecule has 1 fully saturated rings. The van der Waals surface area contributed by atoms with Gasteiger partial charge in [-0.25, -0.2) is 0 Å². The van der Waals surface area contributed by atoms with Gasteiger partial charge in [0.1, 0.15) is 0 Å². The molecule has 2 N–H and O–H groups in total. The monoisotopic (exact) mass is 206 g/mol. The Morgan fingerprint density at radius 3 is 2.46 bits per heavy atom. The summed E-state index contributed by atoms with van der Waals surface area (Å²) in [4.78, 5) is 13.2. The van der Waals surface area contributed by atoms with E-state index in [0.29, 0.717) is 0 Å². The molecule has 0 heterocycles. The summed E-state index contributed by atoms with van der Waals surface area (Å²) in [5, 5.41) is 0. The van der Waals surface area contributed by atoms with Crippen LogP contribution in [0.5, 0.6) is 0 Å². The van der Waals surface area contributed by atoms with E-state index in [9.17, 15) is 4.79 Å². The molecule has 0 aromatic carbocycles. The van der Waals surface area contributed by atoms with E-state index in [1.165, 1.54) is 0 Å². The van der Waals surface area contributed by atoms with Crippen LogP contribution >= 0.6 is 12.4 Å². The Balaban J connectivity index is 0.00000144. The van der Waals surface area contributed by atoms with Gasteiger partial charge in [-0.15, -0.1) is 12.4 Å². The number of hydrogen-bond donors (Lipinski definition) is 1. The fraction of sp³-hybridized carbons (Fsp3) is 0.889. The quantitative estimate of drug-likeness (QED) is 0.696. The third kappa shape index (κ3) is 3.53. The number of carbonyl (C=O) groups excluding carboxylic acids is 1. The van der Waals surface area contributed by atoms with E-state index in [-0.39, 0.29) is 30.3 Å². The third-order valence-corrected chi connectivity index (χ3v) is 2.50. The van der Waals surface area contributed by atoms with E-state index < -0.39 is 0 Å². The predicted molar refractivity (Wildman–Crippen MR) is 55.9 cm³/mol. The van der Waals surface area contributed by atoms with Crippen molar-refractivity contribution in [2.75, 3.05) is 14.1 Å². The highest BCUT2D eigenvalue weighted by atomic mass is 35.5. The average Bonchev–Trinajstić information content (AvgIpc) is 2.03. The molecule has 1 aliphatic carbocycles. The fourth-order valence-corrected chi connectivity index (χ4v) is 1.82. The second kappa shape index (κ2) is 5.45. The first-order valence-corrected chi connectivity index (χ1v) is 4.58. The molecule has 78 valence electrons. The smallest absolute Gasteiger partial charge is 0.225 e. The zero-order valence-electron chi connectivity index (χ0n) is 8.32. The van der Waals surface area contributed by atoms with Crippen LogP contribution in [0, 0.1) is 5.92 Å². The molecule has 1 amide bonds. The lowest BCUT2D eigenvalue weighted by molar-refractivity contribution is -0.134. The fourth-order valence-electron chi connectivity index (χ4n) is 1.82. The molecule has 0 bridgehead atoms. The molecule has 0 unspecified atom stereocenters. The van der Waals surface area contributed by atoms with Gasteiger partial charge in [-0.2, -0.15) is 0 Å². The highest BCUT2D eigenvalue weighted by Crippen LogP contribution is 2.24. The van der Waals surface area contributed by atoms with Gasteiger partial charge in [0.25, 0.3) is 0 Å². The van der Waals surface area contributed by atoms with Crippen molar-refractivity contribution in [1.82, 2.24) is 4.90 Å².